The van der Waals surface area contributed by atoms with E-state index in [4.69, 9.17) is 18.9 Å². The Morgan fingerprint density at radius 1 is 0.943 bits per heavy atom. The van der Waals surface area contributed by atoms with Gasteiger partial charge >= 0.3 is 0 Å². The smallest absolute Gasteiger partial charge is 0.257 e. The van der Waals surface area contributed by atoms with E-state index in [-0.39, 0.29) is 23.8 Å². The Balaban J connectivity index is 1.69. The van der Waals surface area contributed by atoms with Gasteiger partial charge in [-0.2, -0.15) is 0 Å². The van der Waals surface area contributed by atoms with Crippen LogP contribution >= 0.6 is 0 Å². The summed E-state index contributed by atoms with van der Waals surface area (Å²) in [5, 5.41) is 0. The van der Waals surface area contributed by atoms with Crippen LogP contribution in [0.4, 0.5) is 0 Å². The van der Waals surface area contributed by atoms with Gasteiger partial charge < -0.3 is 23.8 Å². The molecule has 1 amide bonds. The molecule has 0 bridgehead atoms. The van der Waals surface area contributed by atoms with Crippen molar-refractivity contribution in [3.8, 4) is 11.5 Å². The number of amides is 1. The third-order valence-electron chi connectivity index (χ3n) is 6.02. The molecule has 35 heavy (non-hydrogen) atoms. The second-order valence-electron chi connectivity index (χ2n) is 8.16. The number of carbonyl (C=O) groups is 3. The number of nitrogens with zero attached hydrogens (tertiary/aromatic N) is 1. The Bertz CT molecular complexity index is 1210. The largest absolute Gasteiger partial charge is 0.489 e. The van der Waals surface area contributed by atoms with Crippen LogP contribution in [0.15, 0.2) is 71.2 Å². The lowest BCUT2D eigenvalue weighted by Gasteiger charge is -2.27. The zero-order chi connectivity index (χ0) is 24.9. The van der Waals surface area contributed by atoms with Crippen molar-refractivity contribution in [2.24, 2.45) is 0 Å². The molecular formula is C27H27NO7. The number of benzene rings is 2. The van der Waals surface area contributed by atoms with Crippen molar-refractivity contribution >= 4 is 17.5 Å². The Labute approximate surface area is 203 Å². The first-order valence-corrected chi connectivity index (χ1v) is 11.3. The fourth-order valence-electron chi connectivity index (χ4n) is 4.10. The number of Topliss-reactive ketones (excluding diaryl/α,β-unsaturated/α-hetero) is 2. The van der Waals surface area contributed by atoms with E-state index in [1.54, 1.807) is 30.0 Å². The van der Waals surface area contributed by atoms with Crippen LogP contribution in [0.25, 0.3) is 0 Å². The minimum atomic E-state index is -0.410. The van der Waals surface area contributed by atoms with Crippen molar-refractivity contribution in [2.45, 2.75) is 13.3 Å². The Kier molecular flexibility index (Phi) is 7.31. The number of para-hydroxylation sites is 1. The summed E-state index contributed by atoms with van der Waals surface area (Å²) in [6, 6.07) is 14.4. The number of ether oxygens (including phenoxy) is 4. The second kappa shape index (κ2) is 10.6. The Morgan fingerprint density at radius 3 is 2.26 bits per heavy atom. The first-order valence-electron chi connectivity index (χ1n) is 11.3. The first-order chi connectivity index (χ1) is 16.9. The summed E-state index contributed by atoms with van der Waals surface area (Å²) in [4.78, 5) is 41.0. The highest BCUT2D eigenvalue weighted by molar-refractivity contribution is 6.23. The molecule has 0 aromatic heterocycles. The Hall–Kier alpha value is -3.91. The number of methoxy groups -OCH3 is 2. The average Bonchev–Trinajstić information content (AvgIpc) is 2.90. The number of ketones is 2. The molecule has 1 aliphatic heterocycles. The lowest BCUT2D eigenvalue weighted by atomic mass is 9.88. The predicted octanol–water partition coefficient (Wildman–Crippen LogP) is 3.47. The van der Waals surface area contributed by atoms with E-state index in [1.165, 1.54) is 14.2 Å². The van der Waals surface area contributed by atoms with Crippen molar-refractivity contribution in [3.63, 3.8) is 0 Å². The fraction of sp³-hybridized carbons (Fsp3) is 0.296. The van der Waals surface area contributed by atoms with Gasteiger partial charge in [-0.3, -0.25) is 14.4 Å². The molecular weight excluding hydrogens is 450 g/mol. The summed E-state index contributed by atoms with van der Waals surface area (Å²) < 4.78 is 21.7. The SMILES string of the molecule is COC1=C(OC)C(=O)C(Cc2ccc(Oc3ccccc3)c(C(=O)N3CCOCC3)c2)=C(C)C1=O. The van der Waals surface area contributed by atoms with Gasteiger partial charge in [-0.1, -0.05) is 24.3 Å². The summed E-state index contributed by atoms with van der Waals surface area (Å²) >= 11 is 0. The van der Waals surface area contributed by atoms with E-state index in [0.29, 0.717) is 60.1 Å². The number of rotatable bonds is 7. The van der Waals surface area contributed by atoms with Crippen LogP contribution in [0.5, 0.6) is 11.5 Å². The van der Waals surface area contributed by atoms with Crippen LogP contribution in [0.1, 0.15) is 22.8 Å². The molecule has 2 aromatic carbocycles. The zero-order valence-corrected chi connectivity index (χ0v) is 20.0. The van der Waals surface area contributed by atoms with Gasteiger partial charge in [0.15, 0.2) is 0 Å². The summed E-state index contributed by atoms with van der Waals surface area (Å²) in [6.45, 7) is 3.49. The number of carbonyl (C=O) groups excluding carboxylic acids is 3. The van der Waals surface area contributed by atoms with Crippen molar-refractivity contribution in [1.29, 1.82) is 0 Å². The molecule has 2 aliphatic rings. The van der Waals surface area contributed by atoms with Crippen molar-refractivity contribution in [1.82, 2.24) is 4.90 Å². The van der Waals surface area contributed by atoms with E-state index in [0.717, 1.165) is 0 Å². The zero-order valence-electron chi connectivity index (χ0n) is 20.0. The lowest BCUT2D eigenvalue weighted by molar-refractivity contribution is -0.121. The van der Waals surface area contributed by atoms with Crippen molar-refractivity contribution in [2.75, 3.05) is 40.5 Å². The summed E-state index contributed by atoms with van der Waals surface area (Å²) in [5.74, 6) is -0.200. The molecule has 0 spiro atoms. The van der Waals surface area contributed by atoms with E-state index in [1.807, 2.05) is 30.3 Å². The van der Waals surface area contributed by atoms with Crippen LogP contribution in [-0.2, 0) is 30.2 Å². The molecule has 4 rings (SSSR count). The van der Waals surface area contributed by atoms with Crippen LogP contribution in [0.3, 0.4) is 0 Å². The van der Waals surface area contributed by atoms with Gasteiger partial charge in [0, 0.05) is 30.7 Å². The van der Waals surface area contributed by atoms with Gasteiger partial charge in [0.25, 0.3) is 5.91 Å². The molecule has 1 heterocycles. The third-order valence-corrected chi connectivity index (χ3v) is 6.02. The highest BCUT2D eigenvalue weighted by Crippen LogP contribution is 2.31. The van der Waals surface area contributed by atoms with Crippen LogP contribution in [-0.4, -0.2) is 62.9 Å². The van der Waals surface area contributed by atoms with E-state index < -0.39 is 11.6 Å². The summed E-state index contributed by atoms with van der Waals surface area (Å²) in [7, 11) is 2.65. The minimum absolute atomic E-state index is 0.103. The summed E-state index contributed by atoms with van der Waals surface area (Å²) in [5.41, 5.74) is 1.66. The molecule has 1 aliphatic carbocycles. The maximum absolute atomic E-state index is 13.4. The molecule has 2 aromatic rings. The van der Waals surface area contributed by atoms with Crippen LogP contribution in [0, 0.1) is 0 Å². The molecule has 8 nitrogen and oxygen atoms in total. The monoisotopic (exact) mass is 477 g/mol. The number of allylic oxidation sites excluding steroid dienone is 2. The number of morpholine rings is 1. The molecule has 0 unspecified atom stereocenters. The topological polar surface area (TPSA) is 91.4 Å². The molecule has 1 fully saturated rings. The standard InChI is InChI=1S/C27H27NO7/c1-17-20(24(30)26(33-3)25(32-2)23(17)29)15-18-9-10-22(35-19-7-5-4-6-8-19)21(16-18)27(31)28-11-13-34-14-12-28/h4-10,16H,11-15H2,1-3H3. The molecule has 1 saturated heterocycles. The molecule has 0 saturated carbocycles. The number of hydrogen-bond acceptors (Lipinski definition) is 7. The van der Waals surface area contributed by atoms with Crippen molar-refractivity contribution < 1.29 is 33.3 Å². The minimum Gasteiger partial charge on any atom is -0.489 e. The summed E-state index contributed by atoms with van der Waals surface area (Å²) in [6.07, 6.45) is 0.148. The van der Waals surface area contributed by atoms with Crippen molar-refractivity contribution in [3.05, 3.63) is 82.3 Å². The highest BCUT2D eigenvalue weighted by atomic mass is 16.5. The van der Waals surface area contributed by atoms with Gasteiger partial charge in [0.1, 0.15) is 11.5 Å². The predicted molar refractivity (Wildman–Crippen MR) is 127 cm³/mol. The first kappa shape index (κ1) is 24.2. The molecule has 0 atom stereocenters. The van der Waals surface area contributed by atoms with E-state index >= 15 is 0 Å². The quantitative estimate of drug-likeness (QED) is 0.564. The third kappa shape index (κ3) is 4.97. The average molecular weight is 478 g/mol. The van der Waals surface area contributed by atoms with Gasteiger partial charge in [-0.25, -0.2) is 0 Å². The molecule has 8 heteroatoms. The second-order valence-corrected chi connectivity index (χ2v) is 8.16. The van der Waals surface area contributed by atoms with Crippen LogP contribution in [0.2, 0.25) is 0 Å². The lowest BCUT2D eigenvalue weighted by Crippen LogP contribution is -2.40. The maximum atomic E-state index is 13.4. The normalized spacial score (nSPS) is 16.5. The van der Waals surface area contributed by atoms with E-state index in [9.17, 15) is 14.4 Å². The Morgan fingerprint density at radius 2 is 1.60 bits per heavy atom. The van der Waals surface area contributed by atoms with Gasteiger partial charge in [0.05, 0.1) is 33.0 Å². The van der Waals surface area contributed by atoms with Gasteiger partial charge in [0.2, 0.25) is 23.1 Å². The maximum Gasteiger partial charge on any atom is 0.257 e. The van der Waals surface area contributed by atoms with E-state index in [2.05, 4.69) is 0 Å². The molecule has 182 valence electrons. The fourth-order valence-corrected chi connectivity index (χ4v) is 4.10. The van der Waals surface area contributed by atoms with Gasteiger partial charge in [-0.05, 0) is 36.8 Å². The highest BCUT2D eigenvalue weighted by Gasteiger charge is 2.35. The number of hydrogen-bond donors (Lipinski definition) is 0. The van der Waals surface area contributed by atoms with Gasteiger partial charge in [-0.15, -0.1) is 0 Å². The van der Waals surface area contributed by atoms with Crippen LogP contribution < -0.4 is 4.74 Å². The molecule has 0 N–H and O–H groups in total. The molecule has 0 radical (unpaired) electrons.